The minimum absolute atomic E-state index is 0. The molecule has 0 rings (SSSR count). The van der Waals surface area contributed by atoms with Gasteiger partial charge in [0.1, 0.15) is 0 Å². The second kappa shape index (κ2) is 41.2. The highest BCUT2D eigenvalue weighted by atomic mass is 14.6. The first-order valence-electron chi connectivity index (χ1n) is 3.95. The molecule has 7 nitrogen and oxygen atoms in total. The third-order valence-electron chi connectivity index (χ3n) is 0.500. The van der Waals surface area contributed by atoms with Crippen molar-refractivity contribution in [3.63, 3.8) is 0 Å². The summed E-state index contributed by atoms with van der Waals surface area (Å²) in [5, 5.41) is 0. The fourth-order valence-corrected chi connectivity index (χ4v) is 0. The number of nitrogens with two attached hydrogens (primary N) is 6. The molecule has 0 aromatic carbocycles. The van der Waals surface area contributed by atoms with Crippen molar-refractivity contribution >= 4 is 0 Å². The Morgan fingerprint density at radius 1 is 0.385 bits per heavy atom. The van der Waals surface area contributed by atoms with Crippen LogP contribution < -0.4 is 40.6 Å². The molecule has 0 aromatic rings. The van der Waals surface area contributed by atoms with Gasteiger partial charge in [-0.2, -0.15) is 0 Å². The molecule has 15 N–H and O–H groups in total. The summed E-state index contributed by atoms with van der Waals surface area (Å²) in [6.07, 6.45) is 0. The second-order valence-electron chi connectivity index (χ2n) is 1.73. The Labute approximate surface area is 80.8 Å². The lowest BCUT2D eigenvalue weighted by Gasteiger charge is -1.72. The van der Waals surface area contributed by atoms with Crippen molar-refractivity contribution in [1.82, 2.24) is 6.15 Å². The summed E-state index contributed by atoms with van der Waals surface area (Å²) in [6.45, 7) is 3.58. The van der Waals surface area contributed by atoms with Gasteiger partial charge in [0.2, 0.25) is 0 Å². The summed E-state index contributed by atoms with van der Waals surface area (Å²) in [5.74, 6) is 0. The van der Waals surface area contributed by atoms with Crippen LogP contribution in [0.1, 0.15) is 0 Å². The molecule has 0 amide bonds. The molecule has 0 aliphatic rings. The molecule has 7 heteroatoms. The molecule has 0 spiro atoms. The van der Waals surface area contributed by atoms with Crippen LogP contribution in [0.4, 0.5) is 0 Å². The first kappa shape index (κ1) is 23.0. The van der Waals surface area contributed by atoms with E-state index < -0.39 is 0 Å². The lowest BCUT2D eigenvalue weighted by Crippen LogP contribution is -2.11. The molecule has 0 saturated carbocycles. The third kappa shape index (κ3) is 150. The minimum atomic E-state index is 0. The predicted molar refractivity (Wildman–Crippen MR) is 59.3 cm³/mol. The van der Waals surface area contributed by atoms with E-state index in [1.165, 1.54) is 0 Å². The van der Waals surface area contributed by atoms with Crippen LogP contribution >= 0.6 is 0 Å². The second-order valence-corrected chi connectivity index (χ2v) is 1.73. The van der Waals surface area contributed by atoms with Gasteiger partial charge < -0.3 is 40.6 Å². The van der Waals surface area contributed by atoms with Gasteiger partial charge in [-0.15, -0.1) is 0 Å². The quantitative estimate of drug-likeness (QED) is 0.248. The van der Waals surface area contributed by atoms with Gasteiger partial charge >= 0.3 is 0 Å². The molecule has 0 radical (unpaired) electrons. The van der Waals surface area contributed by atoms with Crippen LogP contribution in [0.25, 0.3) is 0 Å². The molecule has 13 heavy (non-hydrogen) atoms. The highest BCUT2D eigenvalue weighted by Gasteiger charge is 1.55. The van der Waals surface area contributed by atoms with Crippen LogP contribution in [0.15, 0.2) is 0 Å². The van der Waals surface area contributed by atoms with Crippen molar-refractivity contribution in [2.24, 2.45) is 34.4 Å². The van der Waals surface area contributed by atoms with E-state index in [1.54, 1.807) is 0 Å². The van der Waals surface area contributed by atoms with E-state index in [-0.39, 0.29) is 6.15 Å². The number of hydrogen-bond donors (Lipinski definition) is 7. The van der Waals surface area contributed by atoms with Gasteiger partial charge in [-0.3, -0.25) is 0 Å². The molecule has 0 aliphatic heterocycles. The van der Waals surface area contributed by atoms with Gasteiger partial charge in [-0.25, -0.2) is 0 Å². The maximum absolute atomic E-state index is 4.90. The SMILES string of the molecule is N.NCCN.NCCN.NCCN. The molecule has 0 unspecified atom stereocenters. The number of hydrogen-bond acceptors (Lipinski definition) is 7. The van der Waals surface area contributed by atoms with E-state index in [4.69, 9.17) is 34.4 Å². The Bertz CT molecular complexity index is 28.5. The molecule has 0 heterocycles. The van der Waals surface area contributed by atoms with Crippen LogP contribution in [0, 0.1) is 0 Å². The Hall–Kier alpha value is -0.280. The summed E-state index contributed by atoms with van der Waals surface area (Å²) in [5.41, 5.74) is 29.4. The summed E-state index contributed by atoms with van der Waals surface area (Å²) < 4.78 is 0. The standard InChI is InChI=1S/3C2H8N2.H3N/c3*3-1-2-4;/h3*1-4H2;1H3. The van der Waals surface area contributed by atoms with Gasteiger partial charge in [0.05, 0.1) is 0 Å². The summed E-state index contributed by atoms with van der Waals surface area (Å²) >= 11 is 0. The Morgan fingerprint density at radius 2 is 0.462 bits per heavy atom. The van der Waals surface area contributed by atoms with Crippen molar-refractivity contribution in [2.45, 2.75) is 0 Å². The van der Waals surface area contributed by atoms with Gasteiger partial charge in [0.15, 0.2) is 0 Å². The highest BCUT2D eigenvalue weighted by molar-refractivity contribution is 4.26. The fourth-order valence-electron chi connectivity index (χ4n) is 0. The molecule has 0 aromatic heterocycles. The lowest BCUT2D eigenvalue weighted by atomic mass is 10.7. The van der Waals surface area contributed by atoms with E-state index in [0.717, 1.165) is 0 Å². The van der Waals surface area contributed by atoms with Crippen LogP contribution in [0.2, 0.25) is 0 Å². The van der Waals surface area contributed by atoms with Gasteiger partial charge in [0.25, 0.3) is 0 Å². The van der Waals surface area contributed by atoms with Crippen molar-refractivity contribution in [3.05, 3.63) is 0 Å². The van der Waals surface area contributed by atoms with E-state index in [0.29, 0.717) is 39.3 Å². The van der Waals surface area contributed by atoms with Crippen LogP contribution in [-0.2, 0) is 0 Å². The van der Waals surface area contributed by atoms with Crippen LogP contribution in [-0.4, -0.2) is 39.3 Å². The van der Waals surface area contributed by atoms with Crippen LogP contribution in [0.5, 0.6) is 0 Å². The van der Waals surface area contributed by atoms with Gasteiger partial charge in [0, 0.05) is 39.3 Å². The Morgan fingerprint density at radius 3 is 0.462 bits per heavy atom. The maximum atomic E-state index is 4.90. The van der Waals surface area contributed by atoms with Crippen molar-refractivity contribution in [1.29, 1.82) is 0 Å². The average molecular weight is 197 g/mol. The van der Waals surface area contributed by atoms with Crippen molar-refractivity contribution < 1.29 is 0 Å². The van der Waals surface area contributed by atoms with E-state index >= 15 is 0 Å². The largest absolute Gasteiger partial charge is 0.344 e. The molecule has 86 valence electrons. The normalized spacial score (nSPS) is 6.92. The molecular formula is C6H27N7. The summed E-state index contributed by atoms with van der Waals surface area (Å²) in [7, 11) is 0. The lowest BCUT2D eigenvalue weighted by molar-refractivity contribution is 0.976. The molecular weight excluding hydrogens is 170 g/mol. The van der Waals surface area contributed by atoms with Crippen molar-refractivity contribution in [2.75, 3.05) is 39.3 Å². The van der Waals surface area contributed by atoms with E-state index in [1.807, 2.05) is 0 Å². The fraction of sp³-hybridized carbons (Fsp3) is 1.00. The predicted octanol–water partition coefficient (Wildman–Crippen LogP) is -3.13. The zero-order valence-electron chi connectivity index (χ0n) is 8.41. The molecule has 0 fully saturated rings. The van der Waals surface area contributed by atoms with E-state index in [9.17, 15) is 0 Å². The first-order valence-corrected chi connectivity index (χ1v) is 3.95. The number of rotatable bonds is 3. The zero-order chi connectivity index (χ0) is 10.2. The Balaban J connectivity index is -0.0000000450. The summed E-state index contributed by atoms with van der Waals surface area (Å²) in [6, 6.07) is 0. The first-order chi connectivity index (χ1) is 5.74. The van der Waals surface area contributed by atoms with Gasteiger partial charge in [-0.05, 0) is 0 Å². The van der Waals surface area contributed by atoms with Crippen LogP contribution in [0.3, 0.4) is 0 Å². The molecule has 0 atom stereocenters. The smallest absolute Gasteiger partial charge is 0.00461 e. The van der Waals surface area contributed by atoms with Gasteiger partial charge in [-0.1, -0.05) is 0 Å². The minimum Gasteiger partial charge on any atom is -0.344 e. The topological polar surface area (TPSA) is 191 Å². The van der Waals surface area contributed by atoms with E-state index in [2.05, 4.69) is 0 Å². The monoisotopic (exact) mass is 197 g/mol. The Kier molecular flexibility index (Phi) is 72.8. The van der Waals surface area contributed by atoms with Crippen molar-refractivity contribution in [3.8, 4) is 0 Å². The molecule has 0 aliphatic carbocycles. The molecule has 0 saturated heterocycles. The maximum Gasteiger partial charge on any atom is 0.00461 e. The highest BCUT2D eigenvalue weighted by Crippen LogP contribution is 1.25. The average Bonchev–Trinajstić information content (AvgIpc) is 2.18. The zero-order valence-corrected chi connectivity index (χ0v) is 8.41. The summed E-state index contributed by atoms with van der Waals surface area (Å²) in [4.78, 5) is 0. The third-order valence-corrected chi connectivity index (χ3v) is 0.500. The molecule has 0 bridgehead atoms.